The van der Waals surface area contributed by atoms with Crippen molar-refractivity contribution in [2.24, 2.45) is 0 Å². The fourth-order valence-electron chi connectivity index (χ4n) is 0.994. The molecule has 0 unspecified atom stereocenters. The fraction of sp³-hybridized carbons (Fsp3) is 0.400. The molecule has 0 saturated carbocycles. The first-order valence-electron chi connectivity index (χ1n) is 4.12. The van der Waals surface area contributed by atoms with E-state index in [9.17, 15) is 0 Å². The first-order chi connectivity index (χ1) is 6.24. The summed E-state index contributed by atoms with van der Waals surface area (Å²) >= 11 is 11.7. The van der Waals surface area contributed by atoms with Crippen molar-refractivity contribution in [2.45, 2.75) is 19.8 Å². The van der Waals surface area contributed by atoms with Crippen LogP contribution in [0.1, 0.15) is 18.9 Å². The van der Waals surface area contributed by atoms with E-state index in [1.807, 2.05) is 12.1 Å². The lowest BCUT2D eigenvalue weighted by Crippen LogP contribution is -1.83. The van der Waals surface area contributed by atoms with Crippen molar-refractivity contribution in [3.05, 3.63) is 33.8 Å². The Bertz CT molecular complexity index is 249. The Kier molecular flexibility index (Phi) is 7.06. The predicted molar refractivity (Wildman–Crippen MR) is 58.6 cm³/mol. The second kappa shape index (κ2) is 7.19. The Hall–Kier alpha value is -0.240. The summed E-state index contributed by atoms with van der Waals surface area (Å²) in [7, 11) is 1.00. The Morgan fingerprint density at radius 1 is 1.23 bits per heavy atom. The van der Waals surface area contributed by atoms with Crippen molar-refractivity contribution in [3.8, 4) is 0 Å². The van der Waals surface area contributed by atoms with Crippen LogP contribution in [0.5, 0.6) is 0 Å². The highest BCUT2D eigenvalue weighted by Crippen LogP contribution is 2.21. The van der Waals surface area contributed by atoms with Gasteiger partial charge in [-0.15, -0.1) is 0 Å². The summed E-state index contributed by atoms with van der Waals surface area (Å²) in [6, 6.07) is 5.64. The van der Waals surface area contributed by atoms with Crippen LogP contribution in [0, 0.1) is 0 Å². The van der Waals surface area contributed by atoms with Gasteiger partial charge in [0.15, 0.2) is 0 Å². The van der Waals surface area contributed by atoms with Crippen LogP contribution in [0.2, 0.25) is 10.0 Å². The minimum atomic E-state index is 0.704. The van der Waals surface area contributed by atoms with Gasteiger partial charge in [-0.1, -0.05) is 42.6 Å². The summed E-state index contributed by atoms with van der Waals surface area (Å²) in [6.07, 6.45) is 2.14. The molecule has 0 spiro atoms. The van der Waals surface area contributed by atoms with Crippen LogP contribution >= 0.6 is 23.2 Å². The third-order valence-electron chi connectivity index (χ3n) is 1.53. The Morgan fingerprint density at radius 3 is 2.31 bits per heavy atom. The highest BCUT2D eigenvalue weighted by atomic mass is 35.5. The van der Waals surface area contributed by atoms with Gasteiger partial charge in [0.2, 0.25) is 0 Å². The molecule has 74 valence electrons. The van der Waals surface area contributed by atoms with Crippen LogP contribution in [-0.2, 0) is 6.42 Å². The lowest BCUT2D eigenvalue weighted by Gasteiger charge is -2.01. The number of aliphatic hydroxyl groups excluding tert-OH is 1. The van der Waals surface area contributed by atoms with E-state index < -0.39 is 0 Å². The van der Waals surface area contributed by atoms with Gasteiger partial charge in [0, 0.05) is 17.2 Å². The molecule has 0 atom stereocenters. The zero-order valence-corrected chi connectivity index (χ0v) is 9.36. The van der Waals surface area contributed by atoms with E-state index in [4.69, 9.17) is 28.3 Å². The molecule has 1 nitrogen and oxygen atoms in total. The summed E-state index contributed by atoms with van der Waals surface area (Å²) in [5.74, 6) is 0. The minimum Gasteiger partial charge on any atom is -0.400 e. The third kappa shape index (κ3) is 4.51. The lowest BCUT2D eigenvalue weighted by atomic mass is 10.1. The second-order valence-electron chi connectivity index (χ2n) is 2.49. The molecule has 0 aromatic heterocycles. The Labute approximate surface area is 89.3 Å². The molecule has 0 amide bonds. The Morgan fingerprint density at radius 2 is 1.85 bits per heavy atom. The molecule has 1 aromatic carbocycles. The number of benzene rings is 1. The molecule has 0 fully saturated rings. The van der Waals surface area contributed by atoms with E-state index in [0.717, 1.165) is 25.0 Å². The first-order valence-corrected chi connectivity index (χ1v) is 4.88. The largest absolute Gasteiger partial charge is 0.400 e. The summed E-state index contributed by atoms with van der Waals surface area (Å²) in [5, 5.41) is 8.48. The molecule has 0 aliphatic carbocycles. The van der Waals surface area contributed by atoms with Gasteiger partial charge in [0.25, 0.3) is 0 Å². The number of rotatable bonds is 2. The lowest BCUT2D eigenvalue weighted by molar-refractivity contribution is 0.399. The summed E-state index contributed by atoms with van der Waals surface area (Å²) in [4.78, 5) is 0. The standard InChI is InChI=1S/C9H10Cl2.CH4O/c1-2-3-7-4-5-8(10)6-9(7)11;1-2/h4-6H,2-3H2,1H3;2H,1H3. The van der Waals surface area contributed by atoms with Gasteiger partial charge in [-0.2, -0.15) is 0 Å². The maximum absolute atomic E-state index is 7.00. The molecule has 0 heterocycles. The zero-order chi connectivity index (χ0) is 10.3. The molecule has 0 radical (unpaired) electrons. The van der Waals surface area contributed by atoms with Crippen LogP contribution in [0.25, 0.3) is 0 Å². The van der Waals surface area contributed by atoms with E-state index in [0.29, 0.717) is 5.02 Å². The quantitative estimate of drug-likeness (QED) is 0.809. The Balaban J connectivity index is 0.000000671. The van der Waals surface area contributed by atoms with Gasteiger partial charge in [0.05, 0.1) is 0 Å². The van der Waals surface area contributed by atoms with Crippen molar-refractivity contribution < 1.29 is 5.11 Å². The topological polar surface area (TPSA) is 20.2 Å². The van der Waals surface area contributed by atoms with Crippen LogP contribution in [-0.4, -0.2) is 12.2 Å². The zero-order valence-electron chi connectivity index (χ0n) is 7.85. The van der Waals surface area contributed by atoms with Crippen molar-refractivity contribution in [1.29, 1.82) is 0 Å². The van der Waals surface area contributed by atoms with Crippen LogP contribution in [0.15, 0.2) is 18.2 Å². The van der Waals surface area contributed by atoms with E-state index in [1.54, 1.807) is 6.07 Å². The highest BCUT2D eigenvalue weighted by Gasteiger charge is 1.98. The van der Waals surface area contributed by atoms with Gasteiger partial charge in [0.1, 0.15) is 0 Å². The predicted octanol–water partition coefficient (Wildman–Crippen LogP) is 3.55. The highest BCUT2D eigenvalue weighted by molar-refractivity contribution is 6.35. The van der Waals surface area contributed by atoms with Gasteiger partial charge in [-0.25, -0.2) is 0 Å². The van der Waals surface area contributed by atoms with Crippen molar-refractivity contribution in [2.75, 3.05) is 7.11 Å². The molecule has 13 heavy (non-hydrogen) atoms. The van der Waals surface area contributed by atoms with Crippen molar-refractivity contribution >= 4 is 23.2 Å². The van der Waals surface area contributed by atoms with Gasteiger partial charge < -0.3 is 5.11 Å². The maximum Gasteiger partial charge on any atom is 0.0452 e. The molecular formula is C10H14Cl2O. The van der Waals surface area contributed by atoms with Crippen LogP contribution in [0.3, 0.4) is 0 Å². The second-order valence-corrected chi connectivity index (χ2v) is 3.33. The fourth-order valence-corrected chi connectivity index (χ4v) is 1.50. The van der Waals surface area contributed by atoms with Gasteiger partial charge >= 0.3 is 0 Å². The smallest absolute Gasteiger partial charge is 0.0452 e. The van der Waals surface area contributed by atoms with E-state index in [2.05, 4.69) is 6.92 Å². The third-order valence-corrected chi connectivity index (χ3v) is 2.12. The van der Waals surface area contributed by atoms with Crippen molar-refractivity contribution in [3.63, 3.8) is 0 Å². The number of hydrogen-bond acceptors (Lipinski definition) is 1. The van der Waals surface area contributed by atoms with Crippen molar-refractivity contribution in [1.82, 2.24) is 0 Å². The van der Waals surface area contributed by atoms with Gasteiger partial charge in [-0.3, -0.25) is 0 Å². The summed E-state index contributed by atoms with van der Waals surface area (Å²) < 4.78 is 0. The molecule has 0 aliphatic rings. The molecule has 0 bridgehead atoms. The SMILES string of the molecule is CCCc1ccc(Cl)cc1Cl.CO. The number of aryl methyl sites for hydroxylation is 1. The number of aliphatic hydroxyl groups is 1. The maximum atomic E-state index is 7.00. The summed E-state index contributed by atoms with van der Waals surface area (Å²) in [6.45, 7) is 2.13. The first kappa shape index (κ1) is 12.8. The van der Waals surface area contributed by atoms with Crippen LogP contribution < -0.4 is 0 Å². The molecule has 0 saturated heterocycles. The number of halogens is 2. The molecule has 0 aliphatic heterocycles. The van der Waals surface area contributed by atoms with E-state index in [1.165, 1.54) is 5.56 Å². The van der Waals surface area contributed by atoms with E-state index >= 15 is 0 Å². The van der Waals surface area contributed by atoms with E-state index in [-0.39, 0.29) is 0 Å². The average molecular weight is 221 g/mol. The van der Waals surface area contributed by atoms with Crippen LogP contribution in [0.4, 0.5) is 0 Å². The molecule has 1 aromatic rings. The molecular weight excluding hydrogens is 207 g/mol. The summed E-state index contributed by atoms with van der Waals surface area (Å²) in [5.41, 5.74) is 1.18. The molecule has 1 rings (SSSR count). The van der Waals surface area contributed by atoms with Gasteiger partial charge in [-0.05, 0) is 24.1 Å². The number of hydrogen-bond donors (Lipinski definition) is 1. The minimum absolute atomic E-state index is 0.704. The average Bonchev–Trinajstić information content (AvgIpc) is 2.14. The molecule has 1 N–H and O–H groups in total. The normalized spacial score (nSPS) is 9.00. The molecule has 3 heteroatoms. The monoisotopic (exact) mass is 220 g/mol.